The molecule has 0 spiro atoms. The number of carbonyl (C=O) groups excluding carboxylic acids is 1. The zero-order valence-electron chi connectivity index (χ0n) is 17.9. The molecule has 0 aromatic heterocycles. The SMILES string of the molecule is CCC(Sc1cccc(NC(=S)Nc2ccc(C)cc2)c1)C(=O)Nc1ccccc1C. The van der Waals surface area contributed by atoms with Crippen molar-refractivity contribution < 1.29 is 4.79 Å². The van der Waals surface area contributed by atoms with Crippen LogP contribution in [0.5, 0.6) is 0 Å². The van der Waals surface area contributed by atoms with E-state index in [-0.39, 0.29) is 11.2 Å². The Kier molecular flexibility index (Phi) is 8.09. The van der Waals surface area contributed by atoms with E-state index < -0.39 is 0 Å². The molecule has 0 saturated carbocycles. The Hall–Kier alpha value is -2.83. The predicted molar refractivity (Wildman–Crippen MR) is 137 cm³/mol. The van der Waals surface area contributed by atoms with Gasteiger partial charge in [-0.1, -0.05) is 48.9 Å². The molecule has 0 aliphatic rings. The van der Waals surface area contributed by atoms with Crippen molar-refractivity contribution in [1.82, 2.24) is 0 Å². The first-order valence-corrected chi connectivity index (χ1v) is 11.5. The lowest BCUT2D eigenvalue weighted by molar-refractivity contribution is -0.115. The minimum Gasteiger partial charge on any atom is -0.332 e. The van der Waals surface area contributed by atoms with Gasteiger partial charge in [0.15, 0.2) is 5.11 Å². The van der Waals surface area contributed by atoms with E-state index in [0.717, 1.165) is 33.9 Å². The molecule has 3 aromatic rings. The second kappa shape index (κ2) is 11.0. The normalized spacial score (nSPS) is 11.5. The summed E-state index contributed by atoms with van der Waals surface area (Å²) in [6.07, 6.45) is 0.730. The summed E-state index contributed by atoms with van der Waals surface area (Å²) in [5.41, 5.74) is 4.92. The van der Waals surface area contributed by atoms with E-state index in [1.165, 1.54) is 5.56 Å². The van der Waals surface area contributed by atoms with Crippen LogP contribution in [0.25, 0.3) is 0 Å². The summed E-state index contributed by atoms with van der Waals surface area (Å²) < 4.78 is 0. The topological polar surface area (TPSA) is 53.2 Å². The van der Waals surface area contributed by atoms with Gasteiger partial charge in [0.1, 0.15) is 0 Å². The van der Waals surface area contributed by atoms with E-state index in [4.69, 9.17) is 12.2 Å². The van der Waals surface area contributed by atoms with E-state index in [1.54, 1.807) is 11.8 Å². The maximum Gasteiger partial charge on any atom is 0.237 e. The van der Waals surface area contributed by atoms with Gasteiger partial charge in [0, 0.05) is 22.0 Å². The molecule has 4 nitrogen and oxygen atoms in total. The van der Waals surface area contributed by atoms with Crippen LogP contribution in [0, 0.1) is 13.8 Å². The van der Waals surface area contributed by atoms with Gasteiger partial charge in [-0.15, -0.1) is 11.8 Å². The Morgan fingerprint density at radius 2 is 1.61 bits per heavy atom. The van der Waals surface area contributed by atoms with Gasteiger partial charge in [-0.3, -0.25) is 4.79 Å². The summed E-state index contributed by atoms with van der Waals surface area (Å²) in [5.74, 6) is 0.0109. The van der Waals surface area contributed by atoms with E-state index in [2.05, 4.69) is 16.0 Å². The second-order valence-corrected chi connectivity index (χ2v) is 8.98. The molecule has 0 bridgehead atoms. The smallest absolute Gasteiger partial charge is 0.237 e. The van der Waals surface area contributed by atoms with Gasteiger partial charge in [-0.2, -0.15) is 0 Å². The number of hydrogen-bond acceptors (Lipinski definition) is 3. The molecule has 1 unspecified atom stereocenters. The van der Waals surface area contributed by atoms with Crippen molar-refractivity contribution in [3.63, 3.8) is 0 Å². The predicted octanol–water partition coefficient (Wildman–Crippen LogP) is 6.62. The molecule has 3 aromatic carbocycles. The lowest BCUT2D eigenvalue weighted by atomic mass is 10.2. The molecule has 0 radical (unpaired) electrons. The molecular weight excluding hydrogens is 422 g/mol. The lowest BCUT2D eigenvalue weighted by Gasteiger charge is -2.17. The summed E-state index contributed by atoms with van der Waals surface area (Å²) >= 11 is 6.99. The van der Waals surface area contributed by atoms with Gasteiger partial charge >= 0.3 is 0 Å². The molecule has 3 N–H and O–H groups in total. The third-order valence-electron chi connectivity index (χ3n) is 4.75. The molecule has 1 amide bonds. The summed E-state index contributed by atoms with van der Waals surface area (Å²) in [7, 11) is 0. The van der Waals surface area contributed by atoms with Crippen LogP contribution in [0.15, 0.2) is 77.7 Å². The van der Waals surface area contributed by atoms with Crippen LogP contribution in [-0.2, 0) is 4.79 Å². The first-order valence-electron chi connectivity index (χ1n) is 10.2. The number of carbonyl (C=O) groups is 1. The highest BCUT2D eigenvalue weighted by Crippen LogP contribution is 2.29. The zero-order chi connectivity index (χ0) is 22.2. The average Bonchev–Trinajstić information content (AvgIpc) is 2.75. The number of hydrogen-bond donors (Lipinski definition) is 3. The highest BCUT2D eigenvalue weighted by molar-refractivity contribution is 8.00. The second-order valence-electron chi connectivity index (χ2n) is 7.29. The Morgan fingerprint density at radius 3 is 2.32 bits per heavy atom. The van der Waals surface area contributed by atoms with Gasteiger partial charge in [0.25, 0.3) is 0 Å². The molecule has 31 heavy (non-hydrogen) atoms. The van der Waals surface area contributed by atoms with Crippen LogP contribution in [0.3, 0.4) is 0 Å². The fourth-order valence-electron chi connectivity index (χ4n) is 2.99. The fourth-order valence-corrected chi connectivity index (χ4v) is 4.24. The molecule has 0 fully saturated rings. The first-order chi connectivity index (χ1) is 14.9. The van der Waals surface area contributed by atoms with Crippen LogP contribution in [0.2, 0.25) is 0 Å². The van der Waals surface area contributed by atoms with Crippen LogP contribution >= 0.6 is 24.0 Å². The zero-order valence-corrected chi connectivity index (χ0v) is 19.6. The van der Waals surface area contributed by atoms with E-state index >= 15 is 0 Å². The maximum atomic E-state index is 12.8. The lowest BCUT2D eigenvalue weighted by Crippen LogP contribution is -2.25. The Bertz CT molecular complexity index is 1050. The number of aryl methyl sites for hydroxylation is 2. The van der Waals surface area contributed by atoms with Crippen LogP contribution in [-0.4, -0.2) is 16.3 Å². The van der Waals surface area contributed by atoms with Crippen molar-refractivity contribution in [3.05, 3.63) is 83.9 Å². The molecule has 1 atom stereocenters. The largest absolute Gasteiger partial charge is 0.332 e. The number of thiocarbonyl (C=S) groups is 1. The Labute approximate surface area is 193 Å². The Balaban J connectivity index is 1.61. The van der Waals surface area contributed by atoms with Gasteiger partial charge in [-0.05, 0) is 74.4 Å². The molecule has 3 rings (SSSR count). The Morgan fingerprint density at radius 1 is 0.903 bits per heavy atom. The van der Waals surface area contributed by atoms with Crippen molar-refractivity contribution in [2.45, 2.75) is 37.3 Å². The van der Waals surface area contributed by atoms with E-state index in [0.29, 0.717) is 5.11 Å². The van der Waals surface area contributed by atoms with Gasteiger partial charge in [0.2, 0.25) is 5.91 Å². The summed E-state index contributed by atoms with van der Waals surface area (Å²) in [6.45, 7) is 6.07. The monoisotopic (exact) mass is 449 g/mol. The molecule has 0 heterocycles. The average molecular weight is 450 g/mol. The van der Waals surface area contributed by atoms with Crippen molar-refractivity contribution in [1.29, 1.82) is 0 Å². The number of anilines is 3. The maximum absolute atomic E-state index is 12.8. The van der Waals surface area contributed by atoms with E-state index in [1.807, 2.05) is 93.6 Å². The summed E-state index contributed by atoms with van der Waals surface area (Å²) in [4.78, 5) is 13.8. The van der Waals surface area contributed by atoms with Crippen molar-refractivity contribution in [2.75, 3.05) is 16.0 Å². The highest BCUT2D eigenvalue weighted by atomic mass is 32.2. The number of thioether (sulfide) groups is 1. The van der Waals surface area contributed by atoms with Gasteiger partial charge in [0.05, 0.1) is 5.25 Å². The highest BCUT2D eigenvalue weighted by Gasteiger charge is 2.19. The van der Waals surface area contributed by atoms with Crippen LogP contribution < -0.4 is 16.0 Å². The molecule has 6 heteroatoms. The summed E-state index contributed by atoms with van der Waals surface area (Å²) in [5, 5.41) is 9.80. The quantitative estimate of drug-likeness (QED) is 0.279. The third-order valence-corrected chi connectivity index (χ3v) is 6.31. The third kappa shape index (κ3) is 6.84. The number of benzene rings is 3. The summed E-state index contributed by atoms with van der Waals surface area (Å²) in [6, 6.07) is 23.8. The molecular formula is C25H27N3OS2. The fraction of sp³-hybridized carbons (Fsp3) is 0.200. The minimum atomic E-state index is -0.188. The molecule has 0 aliphatic heterocycles. The van der Waals surface area contributed by atoms with Crippen molar-refractivity contribution in [3.8, 4) is 0 Å². The minimum absolute atomic E-state index is 0.0109. The molecule has 0 aliphatic carbocycles. The standard InChI is InChI=1S/C25H27N3OS2/c1-4-23(24(29)28-22-11-6-5-8-18(22)3)31-21-10-7-9-20(16-21)27-25(30)26-19-14-12-17(2)13-15-19/h5-16,23H,4H2,1-3H3,(H,28,29)(H2,26,27,30). The van der Waals surface area contributed by atoms with Crippen LogP contribution in [0.4, 0.5) is 17.1 Å². The number of rotatable bonds is 7. The molecule has 0 saturated heterocycles. The number of amides is 1. The van der Waals surface area contributed by atoms with Gasteiger partial charge in [-0.25, -0.2) is 0 Å². The van der Waals surface area contributed by atoms with Gasteiger partial charge < -0.3 is 16.0 Å². The van der Waals surface area contributed by atoms with Crippen LogP contribution in [0.1, 0.15) is 24.5 Å². The first kappa shape index (κ1) is 22.8. The number of nitrogens with one attached hydrogen (secondary N) is 3. The number of para-hydroxylation sites is 1. The molecule has 160 valence electrons. The van der Waals surface area contributed by atoms with Crippen molar-refractivity contribution >= 4 is 52.1 Å². The van der Waals surface area contributed by atoms with Crippen molar-refractivity contribution in [2.24, 2.45) is 0 Å². The van der Waals surface area contributed by atoms with E-state index in [9.17, 15) is 4.79 Å².